The Bertz CT molecular complexity index is 871. The Kier molecular flexibility index (Phi) is 5.17. The van der Waals surface area contributed by atoms with Crippen LogP contribution in [0.4, 0.5) is 0 Å². The van der Waals surface area contributed by atoms with Gasteiger partial charge < -0.3 is 19.4 Å². The maximum absolute atomic E-state index is 12.7. The second kappa shape index (κ2) is 7.69. The van der Waals surface area contributed by atoms with Gasteiger partial charge in [-0.05, 0) is 29.8 Å². The third-order valence-corrected chi connectivity index (χ3v) is 4.02. The molecule has 0 fully saturated rings. The summed E-state index contributed by atoms with van der Waals surface area (Å²) in [5.41, 5.74) is 1.27. The highest BCUT2D eigenvalue weighted by atomic mass is 16.5. The van der Waals surface area contributed by atoms with Crippen molar-refractivity contribution in [1.82, 2.24) is 19.9 Å². The molecule has 7 heteroatoms. The standard InChI is InChI=1S/C19H20N4O3/c1-23-8-7-21-18(23)17(22-19(24)13-5-4-6-20-12-13)14-9-15(25-2)11-16(10-14)26-3/h4-12,17H,1-3H3,(H,22,24). The molecule has 0 radical (unpaired) electrons. The molecule has 1 atom stereocenters. The van der Waals surface area contributed by atoms with Gasteiger partial charge >= 0.3 is 0 Å². The van der Waals surface area contributed by atoms with Crippen LogP contribution in [0.2, 0.25) is 0 Å². The van der Waals surface area contributed by atoms with E-state index < -0.39 is 6.04 Å². The molecule has 0 aliphatic rings. The van der Waals surface area contributed by atoms with Gasteiger partial charge in [-0.15, -0.1) is 0 Å². The Labute approximate surface area is 151 Å². The smallest absolute Gasteiger partial charge is 0.253 e. The van der Waals surface area contributed by atoms with E-state index in [-0.39, 0.29) is 5.91 Å². The molecule has 2 heterocycles. The van der Waals surface area contributed by atoms with Crippen LogP contribution >= 0.6 is 0 Å². The van der Waals surface area contributed by atoms with Gasteiger partial charge in [0, 0.05) is 37.9 Å². The van der Waals surface area contributed by atoms with Gasteiger partial charge in [-0.25, -0.2) is 4.98 Å². The highest BCUT2D eigenvalue weighted by Gasteiger charge is 2.23. The summed E-state index contributed by atoms with van der Waals surface area (Å²) < 4.78 is 12.6. The molecule has 1 N–H and O–H groups in total. The van der Waals surface area contributed by atoms with Gasteiger partial charge in [0.1, 0.15) is 23.4 Å². The fraction of sp³-hybridized carbons (Fsp3) is 0.211. The number of carbonyl (C=O) groups is 1. The lowest BCUT2D eigenvalue weighted by Crippen LogP contribution is -2.31. The van der Waals surface area contributed by atoms with Crippen LogP contribution in [0, 0.1) is 0 Å². The predicted molar refractivity (Wildman–Crippen MR) is 96.3 cm³/mol. The van der Waals surface area contributed by atoms with Crippen LogP contribution in [0.15, 0.2) is 55.1 Å². The number of hydrogen-bond donors (Lipinski definition) is 1. The monoisotopic (exact) mass is 352 g/mol. The molecule has 0 saturated heterocycles. The van der Waals surface area contributed by atoms with Gasteiger partial charge in [-0.2, -0.15) is 0 Å². The van der Waals surface area contributed by atoms with Gasteiger partial charge in [-0.3, -0.25) is 9.78 Å². The molecule has 0 bridgehead atoms. The van der Waals surface area contributed by atoms with Crippen molar-refractivity contribution in [2.75, 3.05) is 14.2 Å². The number of pyridine rings is 1. The maximum atomic E-state index is 12.7. The molecule has 0 saturated carbocycles. The number of methoxy groups -OCH3 is 2. The van der Waals surface area contributed by atoms with Crippen molar-refractivity contribution in [3.05, 3.63) is 72.1 Å². The number of ether oxygens (including phenoxy) is 2. The van der Waals surface area contributed by atoms with Crippen molar-refractivity contribution in [1.29, 1.82) is 0 Å². The first kappa shape index (κ1) is 17.5. The van der Waals surface area contributed by atoms with E-state index in [0.717, 1.165) is 5.56 Å². The normalized spacial score (nSPS) is 11.7. The number of imidazole rings is 1. The van der Waals surface area contributed by atoms with Crippen LogP contribution in [-0.4, -0.2) is 34.7 Å². The zero-order valence-electron chi connectivity index (χ0n) is 14.8. The highest BCUT2D eigenvalue weighted by molar-refractivity contribution is 5.94. The minimum Gasteiger partial charge on any atom is -0.497 e. The molecule has 1 aromatic carbocycles. The number of aryl methyl sites for hydroxylation is 1. The molecule has 0 aliphatic heterocycles. The number of carbonyl (C=O) groups excluding carboxylic acids is 1. The highest BCUT2D eigenvalue weighted by Crippen LogP contribution is 2.29. The third kappa shape index (κ3) is 3.66. The quantitative estimate of drug-likeness (QED) is 0.737. The largest absolute Gasteiger partial charge is 0.497 e. The summed E-state index contributed by atoms with van der Waals surface area (Å²) in [6, 6.07) is 8.44. The summed E-state index contributed by atoms with van der Waals surface area (Å²) in [5.74, 6) is 1.72. The summed E-state index contributed by atoms with van der Waals surface area (Å²) in [4.78, 5) is 21.1. The van der Waals surface area contributed by atoms with E-state index in [0.29, 0.717) is 22.9 Å². The molecular weight excluding hydrogens is 332 g/mol. The first-order chi connectivity index (χ1) is 12.6. The minimum atomic E-state index is -0.480. The minimum absolute atomic E-state index is 0.243. The fourth-order valence-electron chi connectivity index (χ4n) is 2.66. The SMILES string of the molecule is COc1cc(OC)cc(C(NC(=O)c2cccnc2)c2nccn2C)c1. The second-order valence-electron chi connectivity index (χ2n) is 5.69. The molecule has 3 aromatic rings. The van der Waals surface area contributed by atoms with Gasteiger partial charge in [0.15, 0.2) is 0 Å². The van der Waals surface area contributed by atoms with E-state index >= 15 is 0 Å². The van der Waals surface area contributed by atoms with Crippen molar-refractivity contribution in [2.45, 2.75) is 6.04 Å². The van der Waals surface area contributed by atoms with Crippen molar-refractivity contribution in [3.8, 4) is 11.5 Å². The summed E-state index contributed by atoms with van der Waals surface area (Å²) >= 11 is 0. The van der Waals surface area contributed by atoms with Gasteiger partial charge in [0.05, 0.1) is 19.8 Å². The van der Waals surface area contributed by atoms with Crippen LogP contribution in [0.25, 0.3) is 0 Å². The van der Waals surface area contributed by atoms with Crippen LogP contribution in [0.1, 0.15) is 27.8 Å². The molecule has 3 rings (SSSR count). The van der Waals surface area contributed by atoms with Crippen molar-refractivity contribution in [2.24, 2.45) is 7.05 Å². The Morgan fingerprint density at radius 3 is 2.42 bits per heavy atom. The van der Waals surface area contributed by atoms with E-state index in [1.807, 2.05) is 29.9 Å². The number of aromatic nitrogens is 3. The predicted octanol–water partition coefficient (Wildman–Crippen LogP) is 2.35. The lowest BCUT2D eigenvalue weighted by atomic mass is 10.0. The Balaban J connectivity index is 2.02. The first-order valence-electron chi connectivity index (χ1n) is 8.03. The molecule has 1 amide bonds. The molecule has 26 heavy (non-hydrogen) atoms. The summed E-state index contributed by atoms with van der Waals surface area (Å²) in [6.07, 6.45) is 6.67. The molecule has 0 aliphatic carbocycles. The molecule has 1 unspecified atom stereocenters. The molecule has 7 nitrogen and oxygen atoms in total. The van der Waals surface area contributed by atoms with Crippen molar-refractivity contribution in [3.63, 3.8) is 0 Å². The number of hydrogen-bond acceptors (Lipinski definition) is 5. The maximum Gasteiger partial charge on any atom is 0.253 e. The average molecular weight is 352 g/mol. The number of nitrogens with one attached hydrogen (secondary N) is 1. The fourth-order valence-corrected chi connectivity index (χ4v) is 2.66. The van der Waals surface area contributed by atoms with E-state index in [1.165, 1.54) is 6.20 Å². The van der Waals surface area contributed by atoms with Crippen LogP contribution < -0.4 is 14.8 Å². The molecular formula is C19H20N4O3. The topological polar surface area (TPSA) is 78.3 Å². The van der Waals surface area contributed by atoms with Crippen LogP contribution in [-0.2, 0) is 7.05 Å². The van der Waals surface area contributed by atoms with E-state index in [2.05, 4.69) is 15.3 Å². The van der Waals surface area contributed by atoms with E-state index in [9.17, 15) is 4.79 Å². The molecule has 0 spiro atoms. The van der Waals surface area contributed by atoms with Crippen LogP contribution in [0.3, 0.4) is 0 Å². The van der Waals surface area contributed by atoms with Crippen molar-refractivity contribution < 1.29 is 14.3 Å². The van der Waals surface area contributed by atoms with Gasteiger partial charge in [0.25, 0.3) is 5.91 Å². The lowest BCUT2D eigenvalue weighted by molar-refractivity contribution is 0.0940. The van der Waals surface area contributed by atoms with Crippen LogP contribution in [0.5, 0.6) is 11.5 Å². The summed E-state index contributed by atoms with van der Waals surface area (Å²) in [7, 11) is 5.05. The van der Waals surface area contributed by atoms with Crippen molar-refractivity contribution >= 4 is 5.91 Å². The summed E-state index contributed by atoms with van der Waals surface area (Å²) in [6.45, 7) is 0. The summed E-state index contributed by atoms with van der Waals surface area (Å²) in [5, 5.41) is 3.02. The average Bonchev–Trinajstić information content (AvgIpc) is 3.11. The third-order valence-electron chi connectivity index (χ3n) is 4.02. The van der Waals surface area contributed by atoms with Gasteiger partial charge in [-0.1, -0.05) is 0 Å². The zero-order valence-corrected chi connectivity index (χ0v) is 14.8. The zero-order chi connectivity index (χ0) is 18.5. The van der Waals surface area contributed by atoms with E-state index in [4.69, 9.17) is 9.47 Å². The number of benzene rings is 1. The molecule has 134 valence electrons. The second-order valence-corrected chi connectivity index (χ2v) is 5.69. The van der Waals surface area contributed by atoms with E-state index in [1.54, 1.807) is 44.8 Å². The Hall–Kier alpha value is -3.35. The Morgan fingerprint density at radius 2 is 1.88 bits per heavy atom. The number of amides is 1. The van der Waals surface area contributed by atoms with Gasteiger partial charge in [0.2, 0.25) is 0 Å². The number of rotatable bonds is 6. The first-order valence-corrected chi connectivity index (χ1v) is 8.03. The lowest BCUT2D eigenvalue weighted by Gasteiger charge is -2.20. The number of nitrogens with zero attached hydrogens (tertiary/aromatic N) is 3. The molecule has 2 aromatic heterocycles. The Morgan fingerprint density at radius 1 is 1.15 bits per heavy atom.